The van der Waals surface area contributed by atoms with Gasteiger partial charge in [0.05, 0.1) is 0 Å². The minimum Gasteiger partial charge on any atom is -0.480 e. The molecule has 0 amide bonds. The first kappa shape index (κ1) is 16.9. The third-order valence-electron chi connectivity index (χ3n) is 3.21. The molecule has 0 saturated carbocycles. The van der Waals surface area contributed by atoms with Crippen LogP contribution in [0.2, 0.25) is 0 Å². The lowest BCUT2D eigenvalue weighted by Gasteiger charge is -2.16. The second kappa shape index (κ2) is 8.24. The zero-order valence-electron chi connectivity index (χ0n) is 13.3. The van der Waals surface area contributed by atoms with Gasteiger partial charge in [-0.05, 0) is 36.1 Å². The summed E-state index contributed by atoms with van der Waals surface area (Å²) in [5.41, 5.74) is 0.938. The number of carboxylic acids is 1. The molecule has 1 aromatic heterocycles. The van der Waals surface area contributed by atoms with Crippen LogP contribution in [0.1, 0.15) is 25.8 Å². The molecule has 1 aromatic carbocycles. The summed E-state index contributed by atoms with van der Waals surface area (Å²) in [7, 11) is 0. The van der Waals surface area contributed by atoms with Crippen molar-refractivity contribution in [1.29, 1.82) is 0 Å². The lowest BCUT2D eigenvalue weighted by atomic mass is 10.0. The predicted octanol–water partition coefficient (Wildman–Crippen LogP) is 2.86. The second-order valence-corrected chi connectivity index (χ2v) is 5.68. The number of nitrogens with zero attached hydrogens (tertiary/aromatic N) is 2. The molecule has 1 heterocycles. The predicted molar refractivity (Wildman–Crippen MR) is 86.3 cm³/mol. The van der Waals surface area contributed by atoms with Gasteiger partial charge < -0.3 is 15.2 Å². The average Bonchev–Trinajstić information content (AvgIpc) is 2.52. The minimum atomic E-state index is -0.830. The van der Waals surface area contributed by atoms with Crippen molar-refractivity contribution >= 4 is 5.97 Å². The summed E-state index contributed by atoms with van der Waals surface area (Å²) in [6, 6.07) is 8.86. The van der Waals surface area contributed by atoms with Crippen LogP contribution in [-0.4, -0.2) is 27.1 Å². The maximum absolute atomic E-state index is 11.3. The van der Waals surface area contributed by atoms with E-state index >= 15 is 0 Å². The fraction of sp³-hybridized carbons (Fsp3) is 0.353. The Bertz CT molecular complexity index is 632. The van der Waals surface area contributed by atoms with E-state index in [1.807, 2.05) is 38.1 Å². The van der Waals surface area contributed by atoms with E-state index in [0.29, 0.717) is 24.6 Å². The van der Waals surface area contributed by atoms with Gasteiger partial charge in [-0.15, -0.1) is 0 Å². The lowest BCUT2D eigenvalue weighted by molar-refractivity contribution is -0.140. The van der Waals surface area contributed by atoms with Gasteiger partial charge in [-0.2, -0.15) is 0 Å². The zero-order valence-corrected chi connectivity index (χ0v) is 13.3. The third kappa shape index (κ3) is 5.67. The van der Waals surface area contributed by atoms with Crippen molar-refractivity contribution in [2.45, 2.75) is 32.9 Å². The van der Waals surface area contributed by atoms with Crippen molar-refractivity contribution in [3.63, 3.8) is 0 Å². The van der Waals surface area contributed by atoms with E-state index in [4.69, 9.17) is 4.74 Å². The summed E-state index contributed by atoms with van der Waals surface area (Å²) in [6.45, 7) is 4.47. The summed E-state index contributed by atoms with van der Waals surface area (Å²) < 4.78 is 5.57. The van der Waals surface area contributed by atoms with Gasteiger partial charge in [0.2, 0.25) is 0 Å². The number of hydrogen-bond acceptors (Lipinski definition) is 5. The molecule has 6 heteroatoms. The molecule has 6 nitrogen and oxygen atoms in total. The number of rotatable bonds is 8. The van der Waals surface area contributed by atoms with Crippen LogP contribution in [0.4, 0.5) is 0 Å². The van der Waals surface area contributed by atoms with Crippen molar-refractivity contribution < 1.29 is 14.6 Å². The van der Waals surface area contributed by atoms with E-state index in [1.165, 1.54) is 0 Å². The summed E-state index contributed by atoms with van der Waals surface area (Å²) in [4.78, 5) is 19.3. The van der Waals surface area contributed by atoms with E-state index < -0.39 is 12.0 Å². The third-order valence-corrected chi connectivity index (χ3v) is 3.21. The van der Waals surface area contributed by atoms with Gasteiger partial charge >= 0.3 is 12.0 Å². The Kier molecular flexibility index (Phi) is 6.05. The van der Waals surface area contributed by atoms with E-state index in [2.05, 4.69) is 15.3 Å². The van der Waals surface area contributed by atoms with E-state index in [0.717, 1.165) is 5.56 Å². The van der Waals surface area contributed by atoms with Crippen LogP contribution in [0.25, 0.3) is 0 Å². The van der Waals surface area contributed by atoms with Crippen molar-refractivity contribution in [3.8, 4) is 11.8 Å². The number of aliphatic carboxylic acids is 1. The van der Waals surface area contributed by atoms with Crippen molar-refractivity contribution in [2.75, 3.05) is 0 Å². The number of aromatic nitrogens is 2. The molecule has 0 radical (unpaired) electrons. The Morgan fingerprint density at radius 1 is 1.26 bits per heavy atom. The number of carbonyl (C=O) groups is 1. The average molecular weight is 315 g/mol. The Balaban J connectivity index is 1.98. The molecular weight excluding hydrogens is 294 g/mol. The molecule has 0 aliphatic heterocycles. The first-order chi connectivity index (χ1) is 11.0. The smallest absolute Gasteiger partial charge is 0.321 e. The van der Waals surface area contributed by atoms with Crippen LogP contribution in [0.3, 0.4) is 0 Å². The number of ether oxygens (including phenoxy) is 1. The standard InChI is InChI=1S/C17H21N3O3/c1-12(2)9-15(16(21)22)20-11-13-5-3-6-14(10-13)23-17-18-7-4-8-19-17/h3-8,10,12,15,20H,9,11H2,1-2H3,(H,21,22)/t15-/m1/s1. The lowest BCUT2D eigenvalue weighted by Crippen LogP contribution is -2.37. The van der Waals surface area contributed by atoms with E-state index in [9.17, 15) is 9.90 Å². The van der Waals surface area contributed by atoms with Gasteiger partial charge in [-0.3, -0.25) is 4.79 Å². The number of hydrogen-bond donors (Lipinski definition) is 2. The highest BCUT2D eigenvalue weighted by Crippen LogP contribution is 2.18. The molecule has 0 spiro atoms. The number of nitrogens with one attached hydrogen (secondary N) is 1. The Labute approximate surface area is 135 Å². The molecule has 1 atom stereocenters. The molecule has 0 bridgehead atoms. The SMILES string of the molecule is CC(C)C[C@@H](NCc1cccc(Oc2ncccn2)c1)C(=O)O. The zero-order chi connectivity index (χ0) is 16.7. The fourth-order valence-electron chi connectivity index (χ4n) is 2.15. The molecule has 122 valence electrons. The molecule has 2 N–H and O–H groups in total. The van der Waals surface area contributed by atoms with Gasteiger partial charge in [0.15, 0.2) is 0 Å². The monoisotopic (exact) mass is 315 g/mol. The Morgan fingerprint density at radius 3 is 2.65 bits per heavy atom. The summed E-state index contributed by atoms with van der Waals surface area (Å²) in [5.74, 6) is 0.100. The molecule has 0 saturated heterocycles. The quantitative estimate of drug-likeness (QED) is 0.779. The van der Waals surface area contributed by atoms with Gasteiger partial charge in [-0.1, -0.05) is 26.0 Å². The molecule has 0 aliphatic rings. The maximum atomic E-state index is 11.3. The molecule has 0 unspecified atom stereocenters. The Morgan fingerprint density at radius 2 is 2.00 bits per heavy atom. The summed E-state index contributed by atoms with van der Waals surface area (Å²) in [6.07, 6.45) is 3.80. The molecule has 23 heavy (non-hydrogen) atoms. The van der Waals surface area contributed by atoms with Gasteiger partial charge in [0.1, 0.15) is 11.8 Å². The van der Waals surface area contributed by atoms with Crippen molar-refractivity contribution in [3.05, 3.63) is 48.3 Å². The normalized spacial score (nSPS) is 12.1. The highest BCUT2D eigenvalue weighted by atomic mass is 16.5. The van der Waals surface area contributed by atoms with E-state index in [1.54, 1.807) is 18.5 Å². The van der Waals surface area contributed by atoms with Crippen molar-refractivity contribution in [2.24, 2.45) is 5.92 Å². The van der Waals surface area contributed by atoms with Crippen LogP contribution in [0, 0.1) is 5.92 Å². The first-order valence-electron chi connectivity index (χ1n) is 7.54. The van der Waals surface area contributed by atoms with Crippen LogP contribution >= 0.6 is 0 Å². The van der Waals surface area contributed by atoms with Crippen LogP contribution in [-0.2, 0) is 11.3 Å². The van der Waals surface area contributed by atoms with E-state index in [-0.39, 0.29) is 6.01 Å². The fourth-order valence-corrected chi connectivity index (χ4v) is 2.15. The molecule has 2 rings (SSSR count). The van der Waals surface area contributed by atoms with Gasteiger partial charge in [0.25, 0.3) is 0 Å². The first-order valence-corrected chi connectivity index (χ1v) is 7.54. The van der Waals surface area contributed by atoms with Crippen molar-refractivity contribution in [1.82, 2.24) is 15.3 Å². The van der Waals surface area contributed by atoms with Crippen LogP contribution in [0.15, 0.2) is 42.7 Å². The molecule has 0 fully saturated rings. The maximum Gasteiger partial charge on any atom is 0.321 e. The summed E-state index contributed by atoms with van der Waals surface area (Å²) in [5, 5.41) is 12.3. The highest BCUT2D eigenvalue weighted by molar-refractivity contribution is 5.73. The topological polar surface area (TPSA) is 84.3 Å². The number of benzene rings is 1. The second-order valence-electron chi connectivity index (χ2n) is 5.68. The van der Waals surface area contributed by atoms with Gasteiger partial charge in [0, 0.05) is 18.9 Å². The summed E-state index contributed by atoms with van der Waals surface area (Å²) >= 11 is 0. The molecular formula is C17H21N3O3. The van der Waals surface area contributed by atoms with Crippen LogP contribution < -0.4 is 10.1 Å². The molecule has 2 aromatic rings. The molecule has 0 aliphatic carbocycles. The minimum absolute atomic E-state index is 0.279. The highest BCUT2D eigenvalue weighted by Gasteiger charge is 2.18. The largest absolute Gasteiger partial charge is 0.480 e. The van der Waals surface area contributed by atoms with Crippen LogP contribution in [0.5, 0.6) is 11.8 Å². The Hall–Kier alpha value is -2.47. The van der Waals surface area contributed by atoms with Gasteiger partial charge in [-0.25, -0.2) is 9.97 Å². The number of carboxylic acid groups (broad SMARTS) is 1.